The molecule has 2 amide bonds. The normalized spacial score (nSPS) is 15.6. The molecule has 1 aliphatic rings. The van der Waals surface area contributed by atoms with E-state index >= 15 is 0 Å². The number of benzene rings is 2. The lowest BCUT2D eigenvalue weighted by atomic mass is 10.1. The van der Waals surface area contributed by atoms with Crippen LogP contribution >= 0.6 is 0 Å². The molecule has 142 valence electrons. The second-order valence-corrected chi connectivity index (χ2v) is 6.72. The van der Waals surface area contributed by atoms with E-state index in [0.29, 0.717) is 26.1 Å². The Morgan fingerprint density at radius 1 is 1.11 bits per heavy atom. The van der Waals surface area contributed by atoms with Gasteiger partial charge in [-0.05, 0) is 29.7 Å². The summed E-state index contributed by atoms with van der Waals surface area (Å²) in [5.41, 5.74) is 8.10. The summed E-state index contributed by atoms with van der Waals surface area (Å²) in [5, 5.41) is 0. The van der Waals surface area contributed by atoms with Gasteiger partial charge in [0.25, 0.3) is 0 Å². The lowest BCUT2D eigenvalue weighted by Gasteiger charge is -2.35. The van der Waals surface area contributed by atoms with Gasteiger partial charge in [-0.15, -0.1) is 0 Å². The molecule has 1 fully saturated rings. The summed E-state index contributed by atoms with van der Waals surface area (Å²) in [6.07, 6.45) is 0.470. The molecule has 1 aliphatic heterocycles. The minimum absolute atomic E-state index is 0.0654. The number of rotatable bonds is 6. The molecule has 0 aliphatic carbocycles. The van der Waals surface area contributed by atoms with Crippen molar-refractivity contribution in [2.75, 3.05) is 26.7 Å². The SMILES string of the molecule is COc1cccc(CN2CCN(C(=O)[C@H](N)Cc3ccccc3)CC2=O)c1. The van der Waals surface area contributed by atoms with Crippen molar-refractivity contribution in [3.8, 4) is 5.75 Å². The Balaban J connectivity index is 1.55. The van der Waals surface area contributed by atoms with Crippen LogP contribution in [0.5, 0.6) is 5.75 Å². The Kier molecular flexibility index (Phi) is 6.08. The van der Waals surface area contributed by atoms with Crippen molar-refractivity contribution in [1.29, 1.82) is 0 Å². The van der Waals surface area contributed by atoms with E-state index in [9.17, 15) is 9.59 Å². The Morgan fingerprint density at radius 2 is 1.85 bits per heavy atom. The first-order valence-corrected chi connectivity index (χ1v) is 9.06. The zero-order chi connectivity index (χ0) is 19.2. The highest BCUT2D eigenvalue weighted by Crippen LogP contribution is 2.16. The Bertz CT molecular complexity index is 794. The number of carbonyl (C=O) groups excluding carboxylic acids is 2. The summed E-state index contributed by atoms with van der Waals surface area (Å²) in [7, 11) is 1.62. The van der Waals surface area contributed by atoms with E-state index < -0.39 is 6.04 Å². The Labute approximate surface area is 159 Å². The molecular formula is C21H25N3O3. The molecule has 27 heavy (non-hydrogen) atoms. The van der Waals surface area contributed by atoms with E-state index in [-0.39, 0.29) is 18.4 Å². The van der Waals surface area contributed by atoms with Crippen molar-refractivity contribution in [3.05, 3.63) is 65.7 Å². The number of ether oxygens (including phenoxy) is 1. The Hall–Kier alpha value is -2.86. The van der Waals surface area contributed by atoms with Crippen LogP contribution in [0.3, 0.4) is 0 Å². The van der Waals surface area contributed by atoms with Gasteiger partial charge in [0.05, 0.1) is 19.7 Å². The average Bonchev–Trinajstić information content (AvgIpc) is 2.70. The van der Waals surface area contributed by atoms with Gasteiger partial charge in [0, 0.05) is 19.6 Å². The molecule has 0 saturated carbocycles. The van der Waals surface area contributed by atoms with Gasteiger partial charge in [0.1, 0.15) is 5.75 Å². The van der Waals surface area contributed by atoms with Crippen LogP contribution in [0.25, 0.3) is 0 Å². The van der Waals surface area contributed by atoms with Crippen molar-refractivity contribution in [3.63, 3.8) is 0 Å². The lowest BCUT2D eigenvalue weighted by molar-refractivity contribution is -0.146. The minimum Gasteiger partial charge on any atom is -0.497 e. The third-order valence-corrected chi connectivity index (χ3v) is 4.75. The first-order valence-electron chi connectivity index (χ1n) is 9.06. The molecule has 0 unspecified atom stereocenters. The van der Waals surface area contributed by atoms with Crippen molar-refractivity contribution in [1.82, 2.24) is 9.80 Å². The molecule has 6 nitrogen and oxygen atoms in total. The largest absolute Gasteiger partial charge is 0.497 e. The zero-order valence-electron chi connectivity index (χ0n) is 15.5. The van der Waals surface area contributed by atoms with Crippen LogP contribution in [0.15, 0.2) is 54.6 Å². The molecule has 0 bridgehead atoms. The van der Waals surface area contributed by atoms with E-state index in [1.807, 2.05) is 54.6 Å². The van der Waals surface area contributed by atoms with Crippen molar-refractivity contribution >= 4 is 11.8 Å². The average molecular weight is 367 g/mol. The highest BCUT2D eigenvalue weighted by Gasteiger charge is 2.29. The fourth-order valence-electron chi connectivity index (χ4n) is 3.24. The van der Waals surface area contributed by atoms with Crippen LogP contribution in [0.2, 0.25) is 0 Å². The van der Waals surface area contributed by atoms with E-state index in [1.165, 1.54) is 0 Å². The maximum atomic E-state index is 12.6. The summed E-state index contributed by atoms with van der Waals surface area (Å²) in [5.74, 6) is 0.526. The van der Waals surface area contributed by atoms with Crippen molar-refractivity contribution in [2.45, 2.75) is 19.0 Å². The van der Waals surface area contributed by atoms with Crippen LogP contribution in [0.4, 0.5) is 0 Å². The summed E-state index contributed by atoms with van der Waals surface area (Å²) in [6.45, 7) is 1.58. The first kappa shape index (κ1) is 18.9. The minimum atomic E-state index is -0.634. The van der Waals surface area contributed by atoms with Crippen molar-refractivity contribution < 1.29 is 14.3 Å². The molecule has 1 heterocycles. The molecule has 0 spiro atoms. The maximum absolute atomic E-state index is 12.6. The predicted molar refractivity (Wildman–Crippen MR) is 103 cm³/mol. The van der Waals surface area contributed by atoms with Gasteiger partial charge in [-0.2, -0.15) is 0 Å². The Morgan fingerprint density at radius 3 is 2.56 bits per heavy atom. The molecule has 1 atom stereocenters. The lowest BCUT2D eigenvalue weighted by Crippen LogP contribution is -2.55. The molecule has 2 aromatic carbocycles. The summed E-state index contributed by atoms with van der Waals surface area (Å²) >= 11 is 0. The molecule has 3 rings (SSSR count). The fourth-order valence-corrected chi connectivity index (χ4v) is 3.24. The second kappa shape index (κ2) is 8.68. The number of nitrogens with zero attached hydrogens (tertiary/aromatic N) is 2. The molecule has 0 aromatic heterocycles. The third kappa shape index (κ3) is 4.86. The van der Waals surface area contributed by atoms with Gasteiger partial charge in [-0.3, -0.25) is 9.59 Å². The summed E-state index contributed by atoms with van der Waals surface area (Å²) in [6, 6.07) is 16.7. The number of nitrogens with two attached hydrogens (primary N) is 1. The van der Waals surface area contributed by atoms with Gasteiger partial charge in [0.15, 0.2) is 0 Å². The molecule has 2 aromatic rings. The number of amides is 2. The topological polar surface area (TPSA) is 75.9 Å². The summed E-state index contributed by atoms with van der Waals surface area (Å²) in [4.78, 5) is 28.5. The quantitative estimate of drug-likeness (QED) is 0.838. The standard InChI is InChI=1S/C21H25N3O3/c1-27-18-9-5-8-17(12-18)14-23-10-11-24(15-20(23)25)21(26)19(22)13-16-6-3-2-4-7-16/h2-9,12,19H,10-11,13-15,22H2,1H3/t19-/m1/s1. The van der Waals surface area contributed by atoms with E-state index in [2.05, 4.69) is 0 Å². The molecule has 1 saturated heterocycles. The van der Waals surface area contributed by atoms with Crippen LogP contribution < -0.4 is 10.5 Å². The highest BCUT2D eigenvalue weighted by atomic mass is 16.5. The van der Waals surface area contributed by atoms with E-state index in [1.54, 1.807) is 16.9 Å². The summed E-state index contributed by atoms with van der Waals surface area (Å²) < 4.78 is 5.22. The number of piperazine rings is 1. The molecule has 6 heteroatoms. The zero-order valence-corrected chi connectivity index (χ0v) is 15.5. The van der Waals surface area contributed by atoms with Gasteiger partial charge in [-0.1, -0.05) is 42.5 Å². The third-order valence-electron chi connectivity index (χ3n) is 4.75. The van der Waals surface area contributed by atoms with Crippen molar-refractivity contribution in [2.24, 2.45) is 5.73 Å². The van der Waals surface area contributed by atoms with Gasteiger partial charge < -0.3 is 20.3 Å². The van der Waals surface area contributed by atoms with Crippen LogP contribution in [-0.4, -0.2) is 54.4 Å². The number of hydrogen-bond donors (Lipinski definition) is 1. The smallest absolute Gasteiger partial charge is 0.242 e. The first-order chi connectivity index (χ1) is 13.1. The van der Waals surface area contributed by atoms with Gasteiger partial charge >= 0.3 is 0 Å². The maximum Gasteiger partial charge on any atom is 0.242 e. The van der Waals surface area contributed by atoms with Gasteiger partial charge in [-0.25, -0.2) is 0 Å². The fraction of sp³-hybridized carbons (Fsp3) is 0.333. The van der Waals surface area contributed by atoms with E-state index in [0.717, 1.165) is 16.9 Å². The monoisotopic (exact) mass is 367 g/mol. The van der Waals surface area contributed by atoms with Crippen LogP contribution in [0.1, 0.15) is 11.1 Å². The van der Waals surface area contributed by atoms with E-state index in [4.69, 9.17) is 10.5 Å². The number of carbonyl (C=O) groups is 2. The predicted octanol–water partition coefficient (Wildman–Crippen LogP) is 1.44. The number of hydrogen-bond acceptors (Lipinski definition) is 4. The van der Waals surface area contributed by atoms with Gasteiger partial charge in [0.2, 0.25) is 11.8 Å². The second-order valence-electron chi connectivity index (χ2n) is 6.72. The molecule has 2 N–H and O–H groups in total. The number of methoxy groups -OCH3 is 1. The van der Waals surface area contributed by atoms with Crippen LogP contribution in [-0.2, 0) is 22.6 Å². The van der Waals surface area contributed by atoms with Crippen LogP contribution in [0, 0.1) is 0 Å². The molecule has 0 radical (unpaired) electrons. The molecular weight excluding hydrogens is 342 g/mol. The highest BCUT2D eigenvalue weighted by molar-refractivity contribution is 5.88.